The van der Waals surface area contributed by atoms with Gasteiger partial charge in [-0.15, -0.1) is 0 Å². The molecule has 3 nitrogen and oxygen atoms in total. The molecule has 0 radical (unpaired) electrons. The van der Waals surface area contributed by atoms with E-state index in [0.29, 0.717) is 6.61 Å². The highest BCUT2D eigenvalue weighted by atomic mass is 16.5. The SMILES string of the molecule is CO/C(C)=C(/C)OCC1(N)CC1. The monoisotopic (exact) mass is 171 g/mol. The smallest absolute Gasteiger partial charge is 0.130 e. The molecule has 3 heteroatoms. The van der Waals surface area contributed by atoms with Crippen LogP contribution in [0.2, 0.25) is 0 Å². The van der Waals surface area contributed by atoms with Gasteiger partial charge in [0.15, 0.2) is 0 Å². The van der Waals surface area contributed by atoms with Crippen LogP contribution in [0.3, 0.4) is 0 Å². The molecule has 0 unspecified atom stereocenters. The van der Waals surface area contributed by atoms with Gasteiger partial charge in [0, 0.05) is 0 Å². The molecule has 1 rings (SSSR count). The van der Waals surface area contributed by atoms with Crippen molar-refractivity contribution in [3.63, 3.8) is 0 Å². The first kappa shape index (κ1) is 9.39. The second-order valence-corrected chi connectivity index (χ2v) is 3.47. The fourth-order valence-corrected chi connectivity index (χ4v) is 0.802. The van der Waals surface area contributed by atoms with Gasteiger partial charge in [0.05, 0.1) is 12.6 Å². The first-order chi connectivity index (χ1) is 5.57. The van der Waals surface area contributed by atoms with Gasteiger partial charge in [0.25, 0.3) is 0 Å². The Morgan fingerprint density at radius 3 is 2.33 bits per heavy atom. The first-order valence-electron chi connectivity index (χ1n) is 4.20. The van der Waals surface area contributed by atoms with Crippen LogP contribution in [0.25, 0.3) is 0 Å². The zero-order chi connectivity index (χ0) is 9.19. The van der Waals surface area contributed by atoms with E-state index in [1.165, 1.54) is 0 Å². The van der Waals surface area contributed by atoms with Gasteiger partial charge in [-0.3, -0.25) is 0 Å². The molecule has 0 bridgehead atoms. The largest absolute Gasteiger partial charge is 0.498 e. The predicted molar refractivity (Wildman–Crippen MR) is 47.5 cm³/mol. The van der Waals surface area contributed by atoms with Crippen molar-refractivity contribution in [1.82, 2.24) is 0 Å². The quantitative estimate of drug-likeness (QED) is 0.650. The van der Waals surface area contributed by atoms with Crippen molar-refractivity contribution in [3.8, 4) is 0 Å². The van der Waals surface area contributed by atoms with Crippen molar-refractivity contribution in [1.29, 1.82) is 0 Å². The van der Waals surface area contributed by atoms with Gasteiger partial charge in [0.2, 0.25) is 0 Å². The van der Waals surface area contributed by atoms with Gasteiger partial charge in [-0.2, -0.15) is 0 Å². The second kappa shape index (κ2) is 3.35. The van der Waals surface area contributed by atoms with Crippen molar-refractivity contribution in [2.24, 2.45) is 5.73 Å². The summed E-state index contributed by atoms with van der Waals surface area (Å²) in [5.74, 6) is 1.65. The van der Waals surface area contributed by atoms with Crippen LogP contribution in [0.15, 0.2) is 11.5 Å². The van der Waals surface area contributed by atoms with E-state index in [4.69, 9.17) is 15.2 Å². The van der Waals surface area contributed by atoms with Crippen LogP contribution in [-0.4, -0.2) is 19.3 Å². The summed E-state index contributed by atoms with van der Waals surface area (Å²) < 4.78 is 10.5. The maximum Gasteiger partial charge on any atom is 0.130 e. The van der Waals surface area contributed by atoms with E-state index in [2.05, 4.69) is 0 Å². The molecule has 0 aromatic carbocycles. The molecule has 12 heavy (non-hydrogen) atoms. The van der Waals surface area contributed by atoms with Crippen molar-refractivity contribution in [2.75, 3.05) is 13.7 Å². The molecule has 70 valence electrons. The number of allylic oxidation sites excluding steroid dienone is 2. The third-order valence-corrected chi connectivity index (χ3v) is 2.27. The number of nitrogens with two attached hydrogens (primary N) is 1. The Hall–Kier alpha value is -0.700. The zero-order valence-electron chi connectivity index (χ0n) is 8.02. The van der Waals surface area contributed by atoms with E-state index < -0.39 is 0 Å². The van der Waals surface area contributed by atoms with Crippen molar-refractivity contribution in [3.05, 3.63) is 11.5 Å². The summed E-state index contributed by atoms with van der Waals surface area (Å²) in [6.45, 7) is 4.38. The second-order valence-electron chi connectivity index (χ2n) is 3.47. The van der Waals surface area contributed by atoms with Gasteiger partial charge in [0.1, 0.15) is 18.1 Å². The fraction of sp³-hybridized carbons (Fsp3) is 0.778. The average Bonchev–Trinajstić information content (AvgIpc) is 2.79. The third-order valence-electron chi connectivity index (χ3n) is 2.27. The van der Waals surface area contributed by atoms with E-state index in [0.717, 1.165) is 24.4 Å². The van der Waals surface area contributed by atoms with Gasteiger partial charge < -0.3 is 15.2 Å². The van der Waals surface area contributed by atoms with Crippen LogP contribution in [-0.2, 0) is 9.47 Å². The molecular weight excluding hydrogens is 154 g/mol. The zero-order valence-corrected chi connectivity index (χ0v) is 8.02. The van der Waals surface area contributed by atoms with Gasteiger partial charge in [-0.25, -0.2) is 0 Å². The summed E-state index contributed by atoms with van der Waals surface area (Å²) >= 11 is 0. The Bertz CT molecular complexity index is 195. The van der Waals surface area contributed by atoms with Gasteiger partial charge >= 0.3 is 0 Å². The molecule has 0 aromatic heterocycles. The molecule has 1 saturated carbocycles. The lowest BCUT2D eigenvalue weighted by Gasteiger charge is -2.12. The van der Waals surface area contributed by atoms with Crippen LogP contribution in [0.4, 0.5) is 0 Å². The minimum atomic E-state index is -0.0463. The number of ether oxygens (including phenoxy) is 2. The normalized spacial score (nSPS) is 21.3. The summed E-state index contributed by atoms with van der Waals surface area (Å²) in [6, 6.07) is 0. The molecule has 0 aromatic rings. The molecule has 0 heterocycles. The highest BCUT2D eigenvalue weighted by Crippen LogP contribution is 2.32. The van der Waals surface area contributed by atoms with Crippen molar-refractivity contribution < 1.29 is 9.47 Å². The highest BCUT2D eigenvalue weighted by molar-refractivity contribution is 5.01. The maximum absolute atomic E-state index is 5.85. The maximum atomic E-state index is 5.85. The number of hydrogen-bond donors (Lipinski definition) is 1. The third kappa shape index (κ3) is 2.41. The minimum Gasteiger partial charge on any atom is -0.498 e. The molecule has 1 fully saturated rings. The first-order valence-corrected chi connectivity index (χ1v) is 4.20. The number of methoxy groups -OCH3 is 1. The number of hydrogen-bond acceptors (Lipinski definition) is 3. The van der Waals surface area contributed by atoms with Crippen LogP contribution < -0.4 is 5.73 Å². The van der Waals surface area contributed by atoms with Crippen LogP contribution in [0, 0.1) is 0 Å². The molecule has 0 spiro atoms. The van der Waals surface area contributed by atoms with E-state index >= 15 is 0 Å². The Kier molecular flexibility index (Phi) is 2.62. The van der Waals surface area contributed by atoms with Crippen molar-refractivity contribution >= 4 is 0 Å². The summed E-state index contributed by atoms with van der Waals surface area (Å²) in [5.41, 5.74) is 5.80. The standard InChI is InChI=1S/C9H17NO2/c1-7(11-3)8(2)12-6-9(10)4-5-9/h4-6,10H2,1-3H3/b8-7-. The minimum absolute atomic E-state index is 0.0463. The van der Waals surface area contributed by atoms with Crippen LogP contribution >= 0.6 is 0 Å². The average molecular weight is 171 g/mol. The molecule has 2 N–H and O–H groups in total. The molecule has 0 aliphatic heterocycles. The molecule has 0 amide bonds. The number of rotatable bonds is 4. The van der Waals surface area contributed by atoms with Gasteiger partial charge in [-0.1, -0.05) is 0 Å². The lowest BCUT2D eigenvalue weighted by atomic mass is 10.3. The Morgan fingerprint density at radius 1 is 1.33 bits per heavy atom. The summed E-state index contributed by atoms with van der Waals surface area (Å²) in [6.07, 6.45) is 2.15. The summed E-state index contributed by atoms with van der Waals surface area (Å²) in [5, 5.41) is 0. The van der Waals surface area contributed by atoms with E-state index in [1.807, 2.05) is 13.8 Å². The fourth-order valence-electron chi connectivity index (χ4n) is 0.802. The topological polar surface area (TPSA) is 44.5 Å². The van der Waals surface area contributed by atoms with E-state index in [9.17, 15) is 0 Å². The van der Waals surface area contributed by atoms with Crippen LogP contribution in [0.1, 0.15) is 26.7 Å². The lowest BCUT2D eigenvalue weighted by molar-refractivity contribution is 0.160. The molecular formula is C9H17NO2. The Balaban J connectivity index is 2.31. The van der Waals surface area contributed by atoms with E-state index in [1.54, 1.807) is 7.11 Å². The molecule has 1 aliphatic carbocycles. The Morgan fingerprint density at radius 2 is 1.92 bits per heavy atom. The molecule has 1 aliphatic rings. The van der Waals surface area contributed by atoms with Crippen LogP contribution in [0.5, 0.6) is 0 Å². The molecule has 0 atom stereocenters. The lowest BCUT2D eigenvalue weighted by Crippen LogP contribution is -2.27. The summed E-state index contributed by atoms with van der Waals surface area (Å²) in [7, 11) is 1.64. The van der Waals surface area contributed by atoms with E-state index in [-0.39, 0.29) is 5.54 Å². The highest BCUT2D eigenvalue weighted by Gasteiger charge is 2.39. The molecule has 0 saturated heterocycles. The van der Waals surface area contributed by atoms with Crippen molar-refractivity contribution in [2.45, 2.75) is 32.2 Å². The summed E-state index contributed by atoms with van der Waals surface area (Å²) in [4.78, 5) is 0. The predicted octanol–water partition coefficient (Wildman–Crippen LogP) is 1.39. The van der Waals surface area contributed by atoms with Gasteiger partial charge in [-0.05, 0) is 26.7 Å². The Labute approximate surface area is 73.5 Å².